The number of ether oxygens (including phenoxy) is 1. The fraction of sp³-hybridized carbons (Fsp3) is 0.455. The van der Waals surface area contributed by atoms with E-state index >= 15 is 0 Å². The van der Waals surface area contributed by atoms with Crippen molar-refractivity contribution in [2.45, 2.75) is 24.9 Å². The number of anilines is 1. The van der Waals surface area contributed by atoms with Gasteiger partial charge < -0.3 is 25.3 Å². The van der Waals surface area contributed by atoms with Crippen LogP contribution in [0.15, 0.2) is 11.0 Å². The van der Waals surface area contributed by atoms with Crippen LogP contribution in [0.5, 0.6) is 0 Å². The number of nitrogens with two attached hydrogens (primary N) is 1. The minimum atomic E-state index is -0.791. The molecule has 20 heavy (non-hydrogen) atoms. The van der Waals surface area contributed by atoms with Gasteiger partial charge in [0.15, 0.2) is 5.65 Å². The molecule has 9 heteroatoms. The molecule has 0 aliphatic carbocycles. The van der Waals surface area contributed by atoms with Gasteiger partial charge in [0, 0.05) is 12.6 Å². The lowest BCUT2D eigenvalue weighted by atomic mass is 10.2. The number of nitrogens with zero attached hydrogens (tertiary/aromatic N) is 2. The summed E-state index contributed by atoms with van der Waals surface area (Å²) in [6.45, 7) is -0.291. The summed E-state index contributed by atoms with van der Waals surface area (Å²) in [6, 6.07) is 0. The van der Waals surface area contributed by atoms with E-state index in [4.69, 9.17) is 27.2 Å². The zero-order valence-electron chi connectivity index (χ0n) is 10.3. The summed E-state index contributed by atoms with van der Waals surface area (Å²) in [5, 5.41) is 19.6. The summed E-state index contributed by atoms with van der Waals surface area (Å²) in [6.07, 6.45) is -0.221. The molecule has 8 nitrogen and oxygen atoms in total. The van der Waals surface area contributed by atoms with Crippen molar-refractivity contribution >= 4 is 28.5 Å². The minimum Gasteiger partial charge on any atom is -0.394 e. The number of aliphatic hydroxyl groups excluding tert-OH is 2. The van der Waals surface area contributed by atoms with Crippen LogP contribution in [0.4, 0.5) is 5.82 Å². The summed E-state index contributed by atoms with van der Waals surface area (Å²) in [5.41, 5.74) is 5.42. The molecule has 0 aromatic carbocycles. The van der Waals surface area contributed by atoms with Crippen LogP contribution >= 0.6 is 11.6 Å². The first kappa shape index (κ1) is 13.4. The second kappa shape index (κ2) is 4.74. The van der Waals surface area contributed by atoms with Gasteiger partial charge in [-0.1, -0.05) is 11.6 Å². The van der Waals surface area contributed by atoms with Crippen molar-refractivity contribution in [1.29, 1.82) is 0 Å². The van der Waals surface area contributed by atoms with Gasteiger partial charge >= 0.3 is 5.69 Å². The first-order valence-corrected chi connectivity index (χ1v) is 6.39. The van der Waals surface area contributed by atoms with Crippen LogP contribution in [0.25, 0.3) is 11.0 Å². The van der Waals surface area contributed by atoms with E-state index < -0.39 is 24.1 Å². The lowest BCUT2D eigenvalue weighted by Crippen LogP contribution is -2.24. The molecule has 0 unspecified atom stereocenters. The van der Waals surface area contributed by atoms with Crippen molar-refractivity contribution < 1.29 is 14.9 Å². The van der Waals surface area contributed by atoms with Crippen LogP contribution < -0.4 is 11.4 Å². The first-order valence-electron chi connectivity index (χ1n) is 6.01. The smallest absolute Gasteiger partial charge is 0.348 e. The predicted molar refractivity (Wildman–Crippen MR) is 71.4 cm³/mol. The van der Waals surface area contributed by atoms with Gasteiger partial charge in [-0.05, 0) is 0 Å². The molecular weight excluding hydrogens is 288 g/mol. The van der Waals surface area contributed by atoms with Gasteiger partial charge in [0.2, 0.25) is 0 Å². The topological polar surface area (TPSA) is 126 Å². The third-order valence-electron chi connectivity index (χ3n) is 3.37. The normalized spacial score (nSPS) is 26.4. The van der Waals surface area contributed by atoms with Gasteiger partial charge in [-0.3, -0.25) is 4.98 Å². The van der Waals surface area contributed by atoms with Gasteiger partial charge in [0.25, 0.3) is 0 Å². The Balaban J connectivity index is 2.11. The fourth-order valence-electron chi connectivity index (χ4n) is 2.42. The Kier molecular flexibility index (Phi) is 3.17. The summed E-state index contributed by atoms with van der Waals surface area (Å²) in [7, 11) is 0. The van der Waals surface area contributed by atoms with Gasteiger partial charge in [-0.15, -0.1) is 0 Å². The summed E-state index contributed by atoms with van der Waals surface area (Å²) >= 11 is 6.09. The van der Waals surface area contributed by atoms with E-state index in [1.54, 1.807) is 10.8 Å². The van der Waals surface area contributed by atoms with E-state index in [1.807, 2.05) is 0 Å². The number of H-pyrrole nitrogens is 1. The van der Waals surface area contributed by atoms with Gasteiger partial charge in [-0.2, -0.15) is 4.98 Å². The number of aromatic amines is 1. The summed E-state index contributed by atoms with van der Waals surface area (Å²) in [4.78, 5) is 17.6. The molecule has 2 aromatic heterocycles. The average molecular weight is 301 g/mol. The number of hydrogen-bond acceptors (Lipinski definition) is 6. The molecule has 108 valence electrons. The largest absolute Gasteiger partial charge is 0.394 e. The van der Waals surface area contributed by atoms with E-state index in [0.29, 0.717) is 10.4 Å². The molecule has 0 radical (unpaired) electrons. The first-order chi connectivity index (χ1) is 9.51. The van der Waals surface area contributed by atoms with E-state index in [1.165, 1.54) is 0 Å². The molecule has 1 aliphatic rings. The Labute approximate surface area is 117 Å². The van der Waals surface area contributed by atoms with Crippen LogP contribution in [-0.4, -0.2) is 43.6 Å². The predicted octanol–water partition coefficient (Wildman–Crippen LogP) is -0.399. The van der Waals surface area contributed by atoms with Crippen LogP contribution in [0.3, 0.4) is 0 Å². The molecule has 3 heterocycles. The number of nitrogen functional groups attached to an aromatic ring is 1. The molecule has 3 rings (SSSR count). The highest BCUT2D eigenvalue weighted by atomic mass is 35.5. The van der Waals surface area contributed by atoms with E-state index in [9.17, 15) is 9.90 Å². The van der Waals surface area contributed by atoms with Crippen molar-refractivity contribution in [3.05, 3.63) is 21.7 Å². The fourth-order valence-corrected chi connectivity index (χ4v) is 2.71. The van der Waals surface area contributed by atoms with Crippen LogP contribution in [0, 0.1) is 0 Å². The van der Waals surface area contributed by atoms with E-state index in [0.717, 1.165) is 0 Å². The molecule has 0 spiro atoms. The minimum absolute atomic E-state index is 0.126. The zero-order valence-corrected chi connectivity index (χ0v) is 11.0. The monoisotopic (exact) mass is 300 g/mol. The Morgan fingerprint density at radius 1 is 1.65 bits per heavy atom. The molecule has 3 atom stereocenters. The molecular formula is C11H13ClN4O4. The number of aromatic nitrogens is 3. The molecule has 2 aromatic rings. The molecule has 1 fully saturated rings. The average Bonchev–Trinajstić information content (AvgIpc) is 2.90. The highest BCUT2D eigenvalue weighted by Gasteiger charge is 2.35. The van der Waals surface area contributed by atoms with Crippen LogP contribution in [0.2, 0.25) is 5.02 Å². The van der Waals surface area contributed by atoms with Crippen molar-refractivity contribution in [3.63, 3.8) is 0 Å². The molecule has 0 saturated carbocycles. The Morgan fingerprint density at radius 2 is 2.40 bits per heavy atom. The molecule has 1 saturated heterocycles. The molecule has 0 amide bonds. The van der Waals surface area contributed by atoms with Crippen molar-refractivity contribution in [3.8, 4) is 0 Å². The van der Waals surface area contributed by atoms with Gasteiger partial charge in [-0.25, -0.2) is 4.79 Å². The maximum absolute atomic E-state index is 11.4. The number of nitrogens with one attached hydrogen (secondary N) is 1. The number of hydrogen-bond donors (Lipinski definition) is 4. The second-order valence-corrected chi connectivity index (χ2v) is 5.06. The Hall–Kier alpha value is -1.61. The standard InChI is InChI=1S/C11H13ClN4O4/c12-4-2-16(7-1-5(18)6(3-17)20-7)10-8(4)9(13)14-11(19)15-10/h2,5-7,17-18H,1,3H2,(H3,13,14,15,19)/t5-,6+,7+/m0/s1. The highest BCUT2D eigenvalue weighted by Crippen LogP contribution is 2.35. The molecule has 1 aliphatic heterocycles. The quantitative estimate of drug-likeness (QED) is 0.598. The summed E-state index contributed by atoms with van der Waals surface area (Å²) < 4.78 is 7.07. The maximum atomic E-state index is 11.4. The van der Waals surface area contributed by atoms with Crippen LogP contribution in [0.1, 0.15) is 12.6 Å². The van der Waals surface area contributed by atoms with Crippen molar-refractivity contribution in [2.75, 3.05) is 12.3 Å². The number of fused-ring (bicyclic) bond motifs is 1. The summed E-state index contributed by atoms with van der Waals surface area (Å²) in [5.74, 6) is 0.126. The van der Waals surface area contributed by atoms with Crippen LogP contribution in [-0.2, 0) is 4.74 Å². The molecule has 0 bridgehead atoms. The maximum Gasteiger partial charge on any atom is 0.348 e. The van der Waals surface area contributed by atoms with Crippen molar-refractivity contribution in [2.24, 2.45) is 0 Å². The number of halogens is 1. The lowest BCUT2D eigenvalue weighted by molar-refractivity contribution is -0.0430. The number of aliphatic hydroxyl groups is 2. The van der Waals surface area contributed by atoms with Crippen molar-refractivity contribution in [1.82, 2.24) is 14.5 Å². The third kappa shape index (κ3) is 1.97. The Bertz CT molecular complexity index is 712. The van der Waals surface area contributed by atoms with Gasteiger partial charge in [0.05, 0.1) is 23.1 Å². The Morgan fingerprint density at radius 3 is 3.05 bits per heavy atom. The van der Waals surface area contributed by atoms with Gasteiger partial charge in [0.1, 0.15) is 18.1 Å². The lowest BCUT2D eigenvalue weighted by Gasteiger charge is -2.14. The molecule has 5 N–H and O–H groups in total. The highest BCUT2D eigenvalue weighted by molar-refractivity contribution is 6.36. The number of rotatable bonds is 2. The van der Waals surface area contributed by atoms with E-state index in [-0.39, 0.29) is 24.5 Å². The SMILES string of the molecule is Nc1[nH]c(=O)nc2c1c(Cl)cn2[C@H]1C[C@H](O)[C@@H](CO)O1. The second-order valence-electron chi connectivity index (χ2n) is 4.65. The third-order valence-corrected chi connectivity index (χ3v) is 3.66. The zero-order chi connectivity index (χ0) is 14.4. The van der Waals surface area contributed by atoms with E-state index in [2.05, 4.69) is 9.97 Å².